The number of nitrogens with zero attached hydrogens (tertiary/aromatic N) is 2. The van der Waals surface area contributed by atoms with Crippen molar-refractivity contribution in [3.63, 3.8) is 0 Å². The van der Waals surface area contributed by atoms with Crippen molar-refractivity contribution >= 4 is 49.1 Å². The summed E-state index contributed by atoms with van der Waals surface area (Å²) >= 11 is 8.21. The Kier molecular flexibility index (Phi) is 4.76. The Hall–Kier alpha value is -0.720. The minimum Gasteiger partial charge on any atom is -0.335 e. The highest BCUT2D eigenvalue weighted by molar-refractivity contribution is 9.13. The van der Waals surface area contributed by atoms with Gasteiger partial charge >= 0.3 is 0 Å². The summed E-state index contributed by atoms with van der Waals surface area (Å²) in [6.45, 7) is 2.45. The van der Waals surface area contributed by atoms with Crippen molar-refractivity contribution in [2.24, 2.45) is 0 Å². The quantitative estimate of drug-likeness (QED) is 0.767. The molecule has 0 atom stereocenters. The molecule has 0 aliphatic heterocycles. The second-order valence-electron chi connectivity index (χ2n) is 4.16. The van der Waals surface area contributed by atoms with Gasteiger partial charge in [-0.05, 0) is 57.0 Å². The van der Waals surface area contributed by atoms with Crippen molar-refractivity contribution in [1.82, 2.24) is 9.88 Å². The Morgan fingerprint density at radius 1 is 1.42 bits per heavy atom. The normalized spacial score (nSPS) is 10.5. The molecule has 0 fully saturated rings. The Morgan fingerprint density at radius 2 is 2.16 bits per heavy atom. The Labute approximate surface area is 132 Å². The van der Waals surface area contributed by atoms with Gasteiger partial charge in [-0.25, -0.2) is 0 Å². The maximum atomic E-state index is 12.3. The second-order valence-corrected chi connectivity index (χ2v) is 7.39. The van der Waals surface area contributed by atoms with Crippen molar-refractivity contribution < 1.29 is 4.79 Å². The standard InChI is InChI=1S/C13H12Br2N2OS/c1-8-4-3-5-9(16-8)7-17(2)13(18)11-6-10(14)12(15)19-11/h3-6H,7H2,1-2H3. The number of carbonyl (C=O) groups is 1. The largest absolute Gasteiger partial charge is 0.335 e. The monoisotopic (exact) mass is 402 g/mol. The molecular weight excluding hydrogens is 392 g/mol. The van der Waals surface area contributed by atoms with E-state index in [9.17, 15) is 4.79 Å². The summed E-state index contributed by atoms with van der Waals surface area (Å²) in [6.07, 6.45) is 0. The first-order chi connectivity index (χ1) is 8.97. The lowest BCUT2D eigenvalue weighted by Crippen LogP contribution is -2.25. The van der Waals surface area contributed by atoms with Crippen LogP contribution in [0.3, 0.4) is 0 Å². The van der Waals surface area contributed by atoms with E-state index in [1.807, 2.05) is 31.2 Å². The van der Waals surface area contributed by atoms with E-state index in [4.69, 9.17) is 0 Å². The number of carbonyl (C=O) groups excluding carboxylic acids is 1. The summed E-state index contributed by atoms with van der Waals surface area (Å²) in [5.41, 5.74) is 1.85. The molecule has 19 heavy (non-hydrogen) atoms. The molecule has 0 spiro atoms. The number of hydrogen-bond acceptors (Lipinski definition) is 3. The van der Waals surface area contributed by atoms with Crippen LogP contribution in [-0.2, 0) is 6.54 Å². The second kappa shape index (κ2) is 6.15. The van der Waals surface area contributed by atoms with Crippen molar-refractivity contribution in [3.8, 4) is 0 Å². The van der Waals surface area contributed by atoms with Crippen LogP contribution in [0.25, 0.3) is 0 Å². The number of pyridine rings is 1. The summed E-state index contributed by atoms with van der Waals surface area (Å²) in [6, 6.07) is 7.65. The van der Waals surface area contributed by atoms with Gasteiger partial charge < -0.3 is 4.90 Å². The van der Waals surface area contributed by atoms with Crippen LogP contribution in [0.5, 0.6) is 0 Å². The smallest absolute Gasteiger partial charge is 0.264 e. The highest BCUT2D eigenvalue weighted by atomic mass is 79.9. The Bertz CT molecular complexity index is 593. The molecule has 0 saturated heterocycles. The van der Waals surface area contributed by atoms with Crippen molar-refractivity contribution in [3.05, 3.63) is 48.8 Å². The fraction of sp³-hybridized carbons (Fsp3) is 0.231. The molecule has 0 saturated carbocycles. The average molecular weight is 404 g/mol. The highest BCUT2D eigenvalue weighted by Gasteiger charge is 2.16. The van der Waals surface area contributed by atoms with Gasteiger partial charge in [-0.2, -0.15) is 0 Å². The fourth-order valence-electron chi connectivity index (χ4n) is 1.64. The summed E-state index contributed by atoms with van der Waals surface area (Å²) < 4.78 is 1.83. The molecule has 1 amide bonds. The zero-order valence-corrected chi connectivity index (χ0v) is 14.5. The van der Waals surface area contributed by atoms with Gasteiger partial charge in [0.1, 0.15) is 0 Å². The molecule has 6 heteroatoms. The molecule has 0 bridgehead atoms. The van der Waals surface area contributed by atoms with Crippen molar-refractivity contribution in [2.75, 3.05) is 7.05 Å². The van der Waals surface area contributed by atoms with E-state index in [2.05, 4.69) is 36.8 Å². The number of thiophene rings is 1. The zero-order valence-electron chi connectivity index (χ0n) is 10.5. The van der Waals surface area contributed by atoms with E-state index in [1.54, 1.807) is 11.9 Å². The van der Waals surface area contributed by atoms with Gasteiger partial charge in [-0.1, -0.05) is 6.07 Å². The first-order valence-corrected chi connectivity index (χ1v) is 8.00. The van der Waals surface area contributed by atoms with Gasteiger partial charge in [0.05, 0.1) is 20.9 Å². The fourth-order valence-corrected chi connectivity index (χ4v) is 3.67. The van der Waals surface area contributed by atoms with Crippen LogP contribution in [0, 0.1) is 6.92 Å². The summed E-state index contributed by atoms with van der Waals surface area (Å²) in [7, 11) is 1.79. The molecule has 2 rings (SSSR count). The third kappa shape index (κ3) is 3.64. The lowest BCUT2D eigenvalue weighted by Gasteiger charge is -2.15. The van der Waals surface area contributed by atoms with Gasteiger partial charge in [-0.3, -0.25) is 9.78 Å². The van der Waals surface area contributed by atoms with Crippen molar-refractivity contribution in [2.45, 2.75) is 13.5 Å². The van der Waals surface area contributed by atoms with E-state index in [-0.39, 0.29) is 5.91 Å². The van der Waals surface area contributed by atoms with E-state index in [0.29, 0.717) is 11.4 Å². The number of amides is 1. The van der Waals surface area contributed by atoms with Crippen LogP contribution < -0.4 is 0 Å². The van der Waals surface area contributed by atoms with Gasteiger partial charge in [0.15, 0.2) is 0 Å². The summed E-state index contributed by atoms with van der Waals surface area (Å²) in [4.78, 5) is 19.0. The minimum absolute atomic E-state index is 0.000272. The molecule has 0 radical (unpaired) electrons. The number of aromatic nitrogens is 1. The molecule has 2 heterocycles. The van der Waals surface area contributed by atoms with Crippen LogP contribution in [0.1, 0.15) is 21.1 Å². The maximum absolute atomic E-state index is 12.3. The van der Waals surface area contributed by atoms with Crippen LogP contribution in [0.15, 0.2) is 32.5 Å². The molecule has 0 aromatic carbocycles. The van der Waals surface area contributed by atoms with Gasteiger partial charge in [0.25, 0.3) is 5.91 Å². The van der Waals surface area contributed by atoms with Crippen molar-refractivity contribution in [1.29, 1.82) is 0 Å². The lowest BCUT2D eigenvalue weighted by atomic mass is 10.3. The van der Waals surface area contributed by atoms with Crippen LogP contribution >= 0.6 is 43.2 Å². The topological polar surface area (TPSA) is 33.2 Å². The van der Waals surface area contributed by atoms with Crippen LogP contribution in [0.2, 0.25) is 0 Å². The molecule has 2 aromatic heterocycles. The van der Waals surface area contributed by atoms with E-state index in [1.165, 1.54) is 11.3 Å². The molecule has 2 aromatic rings. The molecule has 100 valence electrons. The number of aryl methyl sites for hydroxylation is 1. The maximum Gasteiger partial charge on any atom is 0.264 e. The Balaban J connectivity index is 2.11. The zero-order chi connectivity index (χ0) is 14.0. The number of rotatable bonds is 3. The first kappa shape index (κ1) is 14.7. The van der Waals surface area contributed by atoms with Gasteiger partial charge in [0, 0.05) is 17.2 Å². The van der Waals surface area contributed by atoms with Crippen LogP contribution in [-0.4, -0.2) is 22.8 Å². The Morgan fingerprint density at radius 3 is 2.74 bits per heavy atom. The molecule has 0 aliphatic rings. The lowest BCUT2D eigenvalue weighted by molar-refractivity contribution is 0.0788. The number of halogens is 2. The molecule has 3 nitrogen and oxygen atoms in total. The van der Waals surface area contributed by atoms with Crippen LogP contribution in [0.4, 0.5) is 0 Å². The first-order valence-electron chi connectivity index (χ1n) is 5.60. The highest BCUT2D eigenvalue weighted by Crippen LogP contribution is 2.32. The predicted octanol–water partition coefficient (Wildman–Crippen LogP) is 4.25. The SMILES string of the molecule is Cc1cccc(CN(C)C(=O)c2cc(Br)c(Br)s2)n1. The van der Waals surface area contributed by atoms with E-state index >= 15 is 0 Å². The molecular formula is C13H12Br2N2OS. The summed E-state index contributed by atoms with van der Waals surface area (Å²) in [5, 5.41) is 0. The molecule has 0 N–H and O–H groups in total. The third-order valence-electron chi connectivity index (χ3n) is 2.55. The number of hydrogen-bond donors (Lipinski definition) is 0. The van der Waals surface area contributed by atoms with E-state index in [0.717, 1.165) is 19.6 Å². The van der Waals surface area contributed by atoms with E-state index < -0.39 is 0 Å². The van der Waals surface area contributed by atoms with Gasteiger partial charge in [-0.15, -0.1) is 11.3 Å². The predicted molar refractivity (Wildman–Crippen MR) is 84.5 cm³/mol. The molecule has 0 aliphatic carbocycles. The minimum atomic E-state index is -0.000272. The molecule has 0 unspecified atom stereocenters. The third-order valence-corrected chi connectivity index (χ3v) is 5.79. The van der Waals surface area contributed by atoms with Gasteiger partial charge in [0.2, 0.25) is 0 Å². The summed E-state index contributed by atoms with van der Waals surface area (Å²) in [5.74, 6) is -0.000272. The average Bonchev–Trinajstić information content (AvgIpc) is 2.68.